The highest BCUT2D eigenvalue weighted by Gasteiger charge is 2.13. The molecule has 1 aromatic rings. The summed E-state index contributed by atoms with van der Waals surface area (Å²) in [6, 6.07) is 2.09. The third-order valence-electron chi connectivity index (χ3n) is 2.45. The second-order valence-corrected chi connectivity index (χ2v) is 3.71. The van der Waals surface area contributed by atoms with Crippen molar-refractivity contribution in [3.8, 4) is 0 Å². The van der Waals surface area contributed by atoms with E-state index in [1.807, 2.05) is 18.0 Å². The van der Waals surface area contributed by atoms with Crippen molar-refractivity contribution in [2.45, 2.75) is 25.8 Å². The van der Waals surface area contributed by atoms with Gasteiger partial charge in [0.2, 0.25) is 5.28 Å². The fraction of sp³-hybridized carbons (Fsp3) is 0.600. The molecule has 1 rings (SSSR count). The maximum Gasteiger partial charge on any atom is 0.224 e. The first-order valence-electron chi connectivity index (χ1n) is 5.01. The number of nitrogens with zero attached hydrogens (tertiary/aromatic N) is 3. The molecular formula is C10H16ClN3O. The molecule has 4 nitrogen and oxygen atoms in total. The molecule has 0 aliphatic rings. The molecule has 0 aliphatic carbocycles. The van der Waals surface area contributed by atoms with Crippen LogP contribution >= 0.6 is 11.6 Å². The van der Waals surface area contributed by atoms with E-state index in [4.69, 9.17) is 16.7 Å². The molecule has 1 aromatic heterocycles. The Morgan fingerprint density at radius 3 is 2.87 bits per heavy atom. The standard InChI is InChI=1S/C10H16ClN3O/c1-3-8(5-7-15)14(2)9-4-6-12-10(11)13-9/h4,6,8,15H,3,5,7H2,1-2H3. The molecule has 0 fully saturated rings. The maximum absolute atomic E-state index is 8.93. The van der Waals surface area contributed by atoms with Crippen molar-refractivity contribution in [2.24, 2.45) is 0 Å². The Bertz CT molecular complexity index is 308. The van der Waals surface area contributed by atoms with Gasteiger partial charge in [-0.05, 0) is 30.5 Å². The second-order valence-electron chi connectivity index (χ2n) is 3.37. The van der Waals surface area contributed by atoms with E-state index in [2.05, 4.69) is 16.9 Å². The molecule has 0 saturated heterocycles. The molecule has 0 saturated carbocycles. The van der Waals surface area contributed by atoms with Gasteiger partial charge in [-0.15, -0.1) is 0 Å². The van der Waals surface area contributed by atoms with Gasteiger partial charge in [0.05, 0.1) is 0 Å². The topological polar surface area (TPSA) is 49.2 Å². The Hall–Kier alpha value is -0.870. The second kappa shape index (κ2) is 5.88. The van der Waals surface area contributed by atoms with Crippen molar-refractivity contribution in [3.05, 3.63) is 17.5 Å². The lowest BCUT2D eigenvalue weighted by molar-refractivity contribution is 0.272. The zero-order chi connectivity index (χ0) is 11.3. The summed E-state index contributed by atoms with van der Waals surface area (Å²) >= 11 is 5.72. The van der Waals surface area contributed by atoms with Crippen molar-refractivity contribution in [1.29, 1.82) is 0 Å². The first-order chi connectivity index (χ1) is 7.19. The number of hydrogen-bond donors (Lipinski definition) is 1. The van der Waals surface area contributed by atoms with Gasteiger partial charge in [-0.2, -0.15) is 0 Å². The molecule has 0 spiro atoms. The van der Waals surface area contributed by atoms with Gasteiger partial charge < -0.3 is 10.0 Å². The molecule has 15 heavy (non-hydrogen) atoms. The molecule has 1 heterocycles. The zero-order valence-electron chi connectivity index (χ0n) is 9.02. The molecule has 0 amide bonds. The van der Waals surface area contributed by atoms with E-state index in [0.29, 0.717) is 0 Å². The van der Waals surface area contributed by atoms with Crippen LogP contribution < -0.4 is 4.90 Å². The minimum atomic E-state index is 0.182. The molecular weight excluding hydrogens is 214 g/mol. The first-order valence-corrected chi connectivity index (χ1v) is 5.39. The van der Waals surface area contributed by atoms with Gasteiger partial charge in [0.25, 0.3) is 0 Å². The van der Waals surface area contributed by atoms with E-state index >= 15 is 0 Å². The van der Waals surface area contributed by atoms with Crippen molar-refractivity contribution in [2.75, 3.05) is 18.6 Å². The maximum atomic E-state index is 8.93. The number of aliphatic hydroxyl groups is 1. The highest BCUT2D eigenvalue weighted by atomic mass is 35.5. The number of hydrogen-bond acceptors (Lipinski definition) is 4. The van der Waals surface area contributed by atoms with Gasteiger partial charge in [-0.25, -0.2) is 9.97 Å². The summed E-state index contributed by atoms with van der Waals surface area (Å²) in [4.78, 5) is 9.97. The van der Waals surface area contributed by atoms with Gasteiger partial charge in [0.1, 0.15) is 5.82 Å². The Morgan fingerprint density at radius 1 is 1.60 bits per heavy atom. The summed E-state index contributed by atoms with van der Waals surface area (Å²) in [5.74, 6) is 0.787. The van der Waals surface area contributed by atoms with Crippen LogP contribution in [0.15, 0.2) is 12.3 Å². The van der Waals surface area contributed by atoms with Crippen molar-refractivity contribution >= 4 is 17.4 Å². The normalized spacial score (nSPS) is 12.5. The third-order valence-corrected chi connectivity index (χ3v) is 2.64. The number of aromatic nitrogens is 2. The SMILES string of the molecule is CCC(CCO)N(C)c1ccnc(Cl)n1. The van der Waals surface area contributed by atoms with Gasteiger partial charge >= 0.3 is 0 Å². The average molecular weight is 230 g/mol. The predicted octanol–water partition coefficient (Wildman–Crippen LogP) is 1.73. The van der Waals surface area contributed by atoms with Crippen LogP contribution in [0.1, 0.15) is 19.8 Å². The van der Waals surface area contributed by atoms with Crippen LogP contribution in [0.25, 0.3) is 0 Å². The van der Waals surface area contributed by atoms with Crippen LogP contribution in [0, 0.1) is 0 Å². The molecule has 0 aliphatic heterocycles. The predicted molar refractivity (Wildman–Crippen MR) is 61.2 cm³/mol. The smallest absolute Gasteiger partial charge is 0.224 e. The Kier molecular flexibility index (Phi) is 4.78. The number of halogens is 1. The van der Waals surface area contributed by atoms with Crippen LogP contribution in [-0.2, 0) is 0 Å². The molecule has 0 bridgehead atoms. The minimum Gasteiger partial charge on any atom is -0.396 e. The summed E-state index contributed by atoms with van der Waals surface area (Å²) in [6.07, 6.45) is 3.32. The largest absolute Gasteiger partial charge is 0.396 e. The molecule has 1 atom stereocenters. The average Bonchev–Trinajstić information content (AvgIpc) is 2.25. The fourth-order valence-electron chi connectivity index (χ4n) is 1.53. The van der Waals surface area contributed by atoms with E-state index in [1.54, 1.807) is 6.20 Å². The van der Waals surface area contributed by atoms with Crippen LogP contribution in [0.3, 0.4) is 0 Å². The van der Waals surface area contributed by atoms with E-state index in [0.717, 1.165) is 18.7 Å². The summed E-state index contributed by atoms with van der Waals surface area (Å²) in [7, 11) is 1.95. The quantitative estimate of drug-likeness (QED) is 0.782. The monoisotopic (exact) mass is 229 g/mol. The molecule has 84 valence electrons. The van der Waals surface area contributed by atoms with Gasteiger partial charge in [0, 0.05) is 25.9 Å². The lowest BCUT2D eigenvalue weighted by Gasteiger charge is -2.27. The van der Waals surface area contributed by atoms with Crippen molar-refractivity contribution < 1.29 is 5.11 Å². The number of anilines is 1. The summed E-state index contributed by atoms with van der Waals surface area (Å²) in [5.41, 5.74) is 0. The van der Waals surface area contributed by atoms with Gasteiger partial charge in [0.15, 0.2) is 0 Å². The van der Waals surface area contributed by atoms with E-state index in [-0.39, 0.29) is 17.9 Å². The van der Waals surface area contributed by atoms with E-state index in [1.165, 1.54) is 0 Å². The summed E-state index contributed by atoms with van der Waals surface area (Å²) in [5, 5.41) is 9.18. The van der Waals surface area contributed by atoms with E-state index in [9.17, 15) is 0 Å². The van der Waals surface area contributed by atoms with Crippen LogP contribution in [0.5, 0.6) is 0 Å². The molecule has 1 N–H and O–H groups in total. The van der Waals surface area contributed by atoms with Gasteiger partial charge in [-0.1, -0.05) is 6.92 Å². The first kappa shape index (κ1) is 12.2. The molecule has 5 heteroatoms. The summed E-state index contributed by atoms with van der Waals surface area (Å²) < 4.78 is 0. The highest BCUT2D eigenvalue weighted by Crippen LogP contribution is 2.16. The third kappa shape index (κ3) is 3.32. The van der Waals surface area contributed by atoms with Crippen molar-refractivity contribution in [3.63, 3.8) is 0 Å². The Morgan fingerprint density at radius 2 is 2.33 bits per heavy atom. The van der Waals surface area contributed by atoms with Gasteiger partial charge in [-0.3, -0.25) is 0 Å². The number of aliphatic hydroxyl groups excluding tert-OH is 1. The number of rotatable bonds is 5. The van der Waals surface area contributed by atoms with E-state index < -0.39 is 0 Å². The lowest BCUT2D eigenvalue weighted by Crippen LogP contribution is -2.32. The Labute approximate surface area is 94.9 Å². The zero-order valence-corrected chi connectivity index (χ0v) is 9.78. The molecule has 1 unspecified atom stereocenters. The fourth-order valence-corrected chi connectivity index (χ4v) is 1.67. The molecule has 0 aromatic carbocycles. The van der Waals surface area contributed by atoms with Crippen molar-refractivity contribution in [1.82, 2.24) is 9.97 Å². The minimum absolute atomic E-state index is 0.182. The lowest BCUT2D eigenvalue weighted by atomic mass is 10.1. The van der Waals surface area contributed by atoms with Crippen LogP contribution in [0.4, 0.5) is 5.82 Å². The molecule has 0 radical (unpaired) electrons. The van der Waals surface area contributed by atoms with Crippen LogP contribution in [-0.4, -0.2) is 34.8 Å². The summed E-state index contributed by atoms with van der Waals surface area (Å²) in [6.45, 7) is 2.27. The Balaban J connectivity index is 2.77. The van der Waals surface area contributed by atoms with Crippen LogP contribution in [0.2, 0.25) is 5.28 Å². The highest BCUT2D eigenvalue weighted by molar-refractivity contribution is 6.28.